The van der Waals surface area contributed by atoms with Crippen LogP contribution >= 0.6 is 22.6 Å². The molecule has 0 aliphatic carbocycles. The zero-order chi connectivity index (χ0) is 20.6. The molecule has 1 amide bonds. The summed E-state index contributed by atoms with van der Waals surface area (Å²) in [5.41, 5.74) is 1.27. The van der Waals surface area contributed by atoms with E-state index in [0.29, 0.717) is 11.3 Å². The molecule has 0 bridgehead atoms. The Bertz CT molecular complexity index is 1030. The van der Waals surface area contributed by atoms with Crippen LogP contribution in [0, 0.1) is 3.57 Å². The van der Waals surface area contributed by atoms with Gasteiger partial charge in [0.15, 0.2) is 0 Å². The molecule has 0 aromatic heterocycles. The van der Waals surface area contributed by atoms with Crippen LogP contribution in [-0.2, 0) is 16.0 Å². The normalized spacial score (nSPS) is 11.0. The van der Waals surface area contributed by atoms with Crippen molar-refractivity contribution in [1.29, 1.82) is 0 Å². The highest BCUT2D eigenvalue weighted by molar-refractivity contribution is 14.1. The van der Waals surface area contributed by atoms with Crippen LogP contribution in [0.3, 0.4) is 0 Å². The van der Waals surface area contributed by atoms with Gasteiger partial charge in [0.05, 0.1) is 9.99 Å². The second-order valence-electron chi connectivity index (χ2n) is 6.18. The van der Waals surface area contributed by atoms with E-state index in [1.54, 1.807) is 24.3 Å². The molecule has 5 nitrogen and oxygen atoms in total. The van der Waals surface area contributed by atoms with Crippen molar-refractivity contribution in [2.45, 2.75) is 6.42 Å². The Hall–Kier alpha value is -3.13. The van der Waals surface area contributed by atoms with Crippen molar-refractivity contribution in [3.8, 4) is 11.5 Å². The van der Waals surface area contributed by atoms with Crippen LogP contribution in [0.1, 0.15) is 11.1 Å². The Morgan fingerprint density at radius 2 is 1.59 bits per heavy atom. The molecule has 29 heavy (non-hydrogen) atoms. The molecule has 3 rings (SSSR count). The summed E-state index contributed by atoms with van der Waals surface area (Å²) < 4.78 is 6.82. The number of ether oxygens (including phenoxy) is 1. The van der Waals surface area contributed by atoms with E-state index in [1.807, 2.05) is 54.6 Å². The van der Waals surface area contributed by atoms with Crippen LogP contribution in [0.2, 0.25) is 0 Å². The molecule has 3 aromatic carbocycles. The smallest absolute Gasteiger partial charge is 0.352 e. The quantitative estimate of drug-likeness (QED) is 0.360. The number of carboxylic acid groups (broad SMARTS) is 1. The van der Waals surface area contributed by atoms with Gasteiger partial charge < -0.3 is 15.2 Å². The molecule has 146 valence electrons. The van der Waals surface area contributed by atoms with Gasteiger partial charge in [-0.15, -0.1) is 0 Å². The zero-order valence-electron chi connectivity index (χ0n) is 15.3. The third-order valence-corrected chi connectivity index (χ3v) is 4.86. The number of carboxylic acids is 1. The van der Waals surface area contributed by atoms with Crippen molar-refractivity contribution in [1.82, 2.24) is 5.32 Å². The summed E-state index contributed by atoms with van der Waals surface area (Å²) >= 11 is 2.20. The number of amides is 1. The van der Waals surface area contributed by atoms with E-state index in [1.165, 1.54) is 6.08 Å². The molecule has 6 heteroatoms. The fourth-order valence-corrected chi connectivity index (χ4v) is 3.08. The van der Waals surface area contributed by atoms with Crippen molar-refractivity contribution < 1.29 is 19.4 Å². The third kappa shape index (κ3) is 6.18. The highest BCUT2D eigenvalue weighted by atomic mass is 127. The first-order valence-electron chi connectivity index (χ1n) is 8.82. The van der Waals surface area contributed by atoms with Gasteiger partial charge in [-0.1, -0.05) is 54.6 Å². The highest BCUT2D eigenvalue weighted by Crippen LogP contribution is 2.26. The lowest BCUT2D eigenvalue weighted by Crippen LogP contribution is -2.28. The van der Waals surface area contributed by atoms with E-state index in [-0.39, 0.29) is 18.0 Å². The van der Waals surface area contributed by atoms with Crippen LogP contribution in [-0.4, -0.2) is 17.0 Å². The highest BCUT2D eigenvalue weighted by Gasteiger charge is 2.12. The van der Waals surface area contributed by atoms with Crippen molar-refractivity contribution in [3.05, 3.63) is 99.3 Å². The van der Waals surface area contributed by atoms with Crippen molar-refractivity contribution in [2.75, 3.05) is 0 Å². The molecular weight excluding hydrogens is 481 g/mol. The van der Waals surface area contributed by atoms with Crippen LogP contribution in [0.25, 0.3) is 6.08 Å². The Balaban J connectivity index is 1.69. The predicted octanol–water partition coefficient (Wildman–Crippen LogP) is 4.87. The second kappa shape index (κ2) is 9.88. The van der Waals surface area contributed by atoms with Gasteiger partial charge >= 0.3 is 5.97 Å². The van der Waals surface area contributed by atoms with Crippen LogP contribution in [0.4, 0.5) is 0 Å². The number of para-hydroxylation sites is 1. The Kier molecular flexibility index (Phi) is 7.02. The molecule has 0 heterocycles. The molecule has 0 spiro atoms. The molecule has 0 atom stereocenters. The average Bonchev–Trinajstić information content (AvgIpc) is 2.71. The van der Waals surface area contributed by atoms with Gasteiger partial charge in [-0.05, 0) is 64.1 Å². The Morgan fingerprint density at radius 1 is 0.931 bits per heavy atom. The molecule has 2 N–H and O–H groups in total. The fourth-order valence-electron chi connectivity index (χ4n) is 2.58. The van der Waals surface area contributed by atoms with E-state index >= 15 is 0 Å². The number of nitrogens with one attached hydrogen (secondary N) is 1. The van der Waals surface area contributed by atoms with Gasteiger partial charge in [0, 0.05) is 0 Å². The fraction of sp³-hybridized carbons (Fsp3) is 0.0435. The minimum atomic E-state index is -1.20. The first-order chi connectivity index (χ1) is 14.0. The zero-order valence-corrected chi connectivity index (χ0v) is 17.5. The van der Waals surface area contributed by atoms with E-state index in [2.05, 4.69) is 27.9 Å². The molecule has 3 aromatic rings. The SMILES string of the molecule is O=C(Cc1ccccc1)N/C(=C/c1ccc(Oc2ccccc2I)cc1)C(=O)O. The van der Waals surface area contributed by atoms with E-state index in [4.69, 9.17) is 4.74 Å². The minimum absolute atomic E-state index is 0.105. The van der Waals surface area contributed by atoms with Gasteiger partial charge in [-0.3, -0.25) is 4.79 Å². The molecule has 0 unspecified atom stereocenters. The lowest BCUT2D eigenvalue weighted by Gasteiger charge is -2.09. The van der Waals surface area contributed by atoms with E-state index in [9.17, 15) is 14.7 Å². The van der Waals surface area contributed by atoms with Gasteiger partial charge in [0.1, 0.15) is 17.2 Å². The maximum atomic E-state index is 12.2. The standard InChI is InChI=1S/C23H18INO4/c24-19-8-4-5-9-21(19)29-18-12-10-17(11-13-18)14-20(23(27)28)25-22(26)15-16-6-2-1-3-7-16/h1-14H,15H2,(H,25,26)(H,27,28)/b20-14+. The largest absolute Gasteiger partial charge is 0.477 e. The number of carbonyl (C=O) groups is 2. The van der Waals surface area contributed by atoms with E-state index in [0.717, 1.165) is 14.9 Å². The molecule has 0 saturated carbocycles. The second-order valence-corrected chi connectivity index (χ2v) is 7.34. The summed E-state index contributed by atoms with van der Waals surface area (Å²) in [4.78, 5) is 23.7. The molecule has 0 aliphatic rings. The number of hydrogen-bond donors (Lipinski definition) is 2. The van der Waals surface area contributed by atoms with E-state index < -0.39 is 5.97 Å². The molecule has 0 radical (unpaired) electrons. The van der Waals surface area contributed by atoms with Crippen molar-refractivity contribution >= 4 is 40.5 Å². The lowest BCUT2D eigenvalue weighted by molar-refractivity contribution is -0.134. The maximum absolute atomic E-state index is 12.2. The van der Waals surface area contributed by atoms with Crippen LogP contribution in [0.5, 0.6) is 11.5 Å². The summed E-state index contributed by atoms with van der Waals surface area (Å²) in [6, 6.07) is 23.8. The first kappa shape index (κ1) is 20.6. The summed E-state index contributed by atoms with van der Waals surface area (Å²) in [5, 5.41) is 11.9. The molecule has 0 saturated heterocycles. The Labute approximate surface area is 182 Å². The van der Waals surface area contributed by atoms with Gasteiger partial charge in [0.2, 0.25) is 5.91 Å². The van der Waals surface area contributed by atoms with Crippen molar-refractivity contribution in [2.24, 2.45) is 0 Å². The monoisotopic (exact) mass is 499 g/mol. The number of hydrogen-bond acceptors (Lipinski definition) is 3. The maximum Gasteiger partial charge on any atom is 0.352 e. The summed E-state index contributed by atoms with van der Waals surface area (Å²) in [6.45, 7) is 0. The molecule has 0 aliphatic heterocycles. The molecule has 0 fully saturated rings. The van der Waals surface area contributed by atoms with Crippen LogP contribution < -0.4 is 10.1 Å². The number of rotatable bonds is 7. The van der Waals surface area contributed by atoms with Gasteiger partial charge in [0.25, 0.3) is 0 Å². The lowest BCUT2D eigenvalue weighted by atomic mass is 10.1. The summed E-state index contributed by atoms with van der Waals surface area (Å²) in [7, 11) is 0. The summed E-state index contributed by atoms with van der Waals surface area (Å²) in [6.07, 6.45) is 1.52. The number of benzene rings is 3. The van der Waals surface area contributed by atoms with Crippen molar-refractivity contribution in [3.63, 3.8) is 0 Å². The topological polar surface area (TPSA) is 75.6 Å². The average molecular weight is 499 g/mol. The molecular formula is C23H18INO4. The Morgan fingerprint density at radius 3 is 2.24 bits per heavy atom. The predicted molar refractivity (Wildman–Crippen MR) is 120 cm³/mol. The van der Waals surface area contributed by atoms with Gasteiger partial charge in [-0.2, -0.15) is 0 Å². The van der Waals surface area contributed by atoms with Crippen LogP contribution in [0.15, 0.2) is 84.6 Å². The number of carbonyl (C=O) groups excluding carboxylic acids is 1. The van der Waals surface area contributed by atoms with Gasteiger partial charge in [-0.25, -0.2) is 4.79 Å². The number of halogens is 1. The third-order valence-electron chi connectivity index (χ3n) is 3.97. The minimum Gasteiger partial charge on any atom is -0.477 e. The number of aliphatic carboxylic acids is 1. The first-order valence-corrected chi connectivity index (χ1v) is 9.90. The summed E-state index contributed by atoms with van der Waals surface area (Å²) in [5.74, 6) is -0.207.